The third-order valence-corrected chi connectivity index (χ3v) is 15.9. The largest absolute Gasteiger partial charge is 0.462 e. The van der Waals surface area contributed by atoms with E-state index in [0.29, 0.717) is 19.3 Å². The van der Waals surface area contributed by atoms with E-state index >= 15 is 0 Å². The second-order valence-corrected chi connectivity index (χ2v) is 23.8. The van der Waals surface area contributed by atoms with Crippen molar-refractivity contribution in [1.82, 2.24) is 0 Å². The molecule has 1 atom stereocenters. The van der Waals surface area contributed by atoms with Gasteiger partial charge in [-0.2, -0.15) is 0 Å². The first-order valence-corrected chi connectivity index (χ1v) is 34.8. The smallest absolute Gasteiger partial charge is 0.306 e. The lowest BCUT2D eigenvalue weighted by Gasteiger charge is -2.18. The number of ether oxygens (including phenoxy) is 3. The van der Waals surface area contributed by atoms with E-state index in [1.165, 1.54) is 295 Å². The third-order valence-electron chi connectivity index (χ3n) is 15.9. The highest BCUT2D eigenvalue weighted by molar-refractivity contribution is 5.71. The summed E-state index contributed by atoms with van der Waals surface area (Å²) in [7, 11) is 0. The van der Waals surface area contributed by atoms with Gasteiger partial charge in [0.2, 0.25) is 0 Å². The lowest BCUT2D eigenvalue weighted by atomic mass is 10.0. The van der Waals surface area contributed by atoms with Crippen LogP contribution in [0.1, 0.15) is 393 Å². The normalized spacial score (nSPS) is 12.1. The molecule has 0 aliphatic carbocycles. The molecule has 0 amide bonds. The lowest BCUT2D eigenvalue weighted by Crippen LogP contribution is -2.30. The highest BCUT2D eigenvalue weighted by Gasteiger charge is 2.19. The van der Waals surface area contributed by atoms with Gasteiger partial charge in [0.1, 0.15) is 13.2 Å². The van der Waals surface area contributed by atoms with E-state index < -0.39 is 6.10 Å². The quantitative estimate of drug-likeness (QED) is 0.0261. The summed E-state index contributed by atoms with van der Waals surface area (Å²) in [6.45, 7) is 6.71. The van der Waals surface area contributed by atoms with E-state index in [4.69, 9.17) is 14.2 Å². The fourth-order valence-electron chi connectivity index (χ4n) is 10.7. The summed E-state index contributed by atoms with van der Waals surface area (Å²) >= 11 is 0. The second kappa shape index (κ2) is 66.4. The molecule has 0 aromatic heterocycles. The van der Waals surface area contributed by atoms with E-state index in [0.717, 1.165) is 57.8 Å². The van der Waals surface area contributed by atoms with Crippen LogP contribution in [0, 0.1) is 0 Å². The predicted octanol–water partition coefficient (Wildman–Crippen LogP) is 23.8. The zero-order valence-electron chi connectivity index (χ0n) is 52.3. The first kappa shape index (κ1) is 74.9. The number of hydrogen-bond donors (Lipinski definition) is 0. The number of carbonyl (C=O) groups is 3. The van der Waals surface area contributed by atoms with Crippen molar-refractivity contribution in [3.63, 3.8) is 0 Å². The van der Waals surface area contributed by atoms with Crippen LogP contribution in [-0.2, 0) is 28.6 Å². The number of esters is 3. The minimum absolute atomic E-state index is 0.0663. The van der Waals surface area contributed by atoms with Crippen molar-refractivity contribution in [2.75, 3.05) is 13.2 Å². The molecule has 0 heterocycles. The number of allylic oxidation sites excluding steroid dienone is 4. The Bertz CT molecular complexity index is 1240. The van der Waals surface area contributed by atoms with Crippen molar-refractivity contribution in [1.29, 1.82) is 0 Å². The van der Waals surface area contributed by atoms with Crippen LogP contribution in [0.5, 0.6) is 0 Å². The summed E-state index contributed by atoms with van der Waals surface area (Å²) in [4.78, 5) is 38.4. The first-order chi connectivity index (χ1) is 38.0. The summed E-state index contributed by atoms with van der Waals surface area (Å²) in [6.07, 6.45) is 80.6. The Kier molecular flexibility index (Phi) is 64.6. The van der Waals surface area contributed by atoms with Gasteiger partial charge in [0.15, 0.2) is 6.10 Å². The molecule has 0 bridgehead atoms. The molecule has 0 saturated heterocycles. The molecule has 0 spiro atoms. The van der Waals surface area contributed by atoms with E-state index in [1.807, 2.05) is 0 Å². The Labute approximate surface area is 481 Å². The van der Waals surface area contributed by atoms with Gasteiger partial charge in [-0.25, -0.2) is 0 Å². The maximum Gasteiger partial charge on any atom is 0.306 e. The van der Waals surface area contributed by atoms with Crippen LogP contribution in [-0.4, -0.2) is 37.2 Å². The minimum atomic E-state index is -0.770. The highest BCUT2D eigenvalue weighted by Crippen LogP contribution is 2.18. The van der Waals surface area contributed by atoms with Gasteiger partial charge in [0.25, 0.3) is 0 Å². The molecule has 77 heavy (non-hydrogen) atoms. The Balaban J connectivity index is 4.23. The van der Waals surface area contributed by atoms with Gasteiger partial charge in [-0.15, -0.1) is 0 Å². The van der Waals surface area contributed by atoms with Gasteiger partial charge in [0, 0.05) is 19.3 Å². The Morgan fingerprint density at radius 3 is 0.649 bits per heavy atom. The molecule has 6 nitrogen and oxygen atoms in total. The molecular weight excluding hydrogens is 949 g/mol. The Hall–Kier alpha value is -2.11. The number of hydrogen-bond acceptors (Lipinski definition) is 6. The minimum Gasteiger partial charge on any atom is -0.462 e. The second-order valence-electron chi connectivity index (χ2n) is 23.8. The topological polar surface area (TPSA) is 78.9 Å². The Morgan fingerprint density at radius 1 is 0.247 bits per heavy atom. The molecule has 0 fully saturated rings. The molecule has 0 aromatic rings. The fourth-order valence-corrected chi connectivity index (χ4v) is 10.7. The van der Waals surface area contributed by atoms with Gasteiger partial charge in [-0.05, 0) is 70.6 Å². The number of unbranched alkanes of at least 4 members (excludes halogenated alkanes) is 50. The molecule has 0 rings (SSSR count). The van der Waals surface area contributed by atoms with Gasteiger partial charge >= 0.3 is 17.9 Å². The lowest BCUT2D eigenvalue weighted by molar-refractivity contribution is -0.167. The summed E-state index contributed by atoms with van der Waals surface area (Å²) in [5.74, 6) is -0.838. The average molecular weight is 1080 g/mol. The van der Waals surface area contributed by atoms with Crippen molar-refractivity contribution < 1.29 is 28.6 Å². The van der Waals surface area contributed by atoms with Crippen molar-refractivity contribution in [3.05, 3.63) is 24.3 Å². The van der Waals surface area contributed by atoms with Gasteiger partial charge < -0.3 is 14.2 Å². The molecule has 0 saturated carbocycles. The van der Waals surface area contributed by atoms with E-state index in [-0.39, 0.29) is 31.1 Å². The van der Waals surface area contributed by atoms with E-state index in [9.17, 15) is 14.4 Å². The SMILES string of the molecule is CCCCCCCCCC/C=C\CCCCCCCCCCCCCCCC(=O)OCC(COC(=O)CCCCCCCCCCCCCCC)OC(=O)CCCCCCCCCCC/C=C\CCCCCCCCCC. The van der Waals surface area contributed by atoms with Crippen molar-refractivity contribution in [2.24, 2.45) is 0 Å². The molecule has 0 radical (unpaired) electrons. The number of rotatable bonds is 65. The first-order valence-electron chi connectivity index (χ1n) is 34.8. The molecule has 0 aromatic carbocycles. The highest BCUT2D eigenvalue weighted by atomic mass is 16.6. The average Bonchev–Trinajstić information content (AvgIpc) is 3.43. The van der Waals surface area contributed by atoms with E-state index in [2.05, 4.69) is 45.1 Å². The zero-order chi connectivity index (χ0) is 55.7. The zero-order valence-corrected chi connectivity index (χ0v) is 52.3. The summed E-state index contributed by atoms with van der Waals surface area (Å²) < 4.78 is 17.0. The molecule has 0 N–H and O–H groups in total. The molecular formula is C71H134O6. The summed E-state index contributed by atoms with van der Waals surface area (Å²) in [5, 5.41) is 0. The standard InChI is InChI=1S/C71H134O6/c1-4-7-10-13-16-19-22-25-27-29-31-33-34-35-36-38-39-41-43-46-49-52-55-58-61-64-70(73)76-67-68(66-75-69(72)63-60-57-54-51-48-45-24-21-18-15-12-9-6-3)77-71(74)65-62-59-56-53-50-47-44-42-40-37-32-30-28-26-23-20-17-14-11-8-5-2/h29-32,68H,4-28,33-67H2,1-3H3/b31-29-,32-30-. The van der Waals surface area contributed by atoms with Crippen LogP contribution in [0.25, 0.3) is 0 Å². The maximum absolute atomic E-state index is 12.9. The van der Waals surface area contributed by atoms with Gasteiger partial charge in [-0.3, -0.25) is 14.4 Å². The van der Waals surface area contributed by atoms with Crippen LogP contribution < -0.4 is 0 Å². The molecule has 6 heteroatoms. The third kappa shape index (κ3) is 64.6. The van der Waals surface area contributed by atoms with Crippen LogP contribution in [0.4, 0.5) is 0 Å². The van der Waals surface area contributed by atoms with Crippen LogP contribution in [0.2, 0.25) is 0 Å². The van der Waals surface area contributed by atoms with Crippen LogP contribution >= 0.6 is 0 Å². The maximum atomic E-state index is 12.9. The van der Waals surface area contributed by atoms with Gasteiger partial charge in [-0.1, -0.05) is 328 Å². The summed E-state index contributed by atoms with van der Waals surface area (Å²) in [5.41, 5.74) is 0. The molecule has 0 aliphatic rings. The van der Waals surface area contributed by atoms with Gasteiger partial charge in [0.05, 0.1) is 0 Å². The fraction of sp³-hybridized carbons (Fsp3) is 0.901. The molecule has 454 valence electrons. The number of carbonyl (C=O) groups excluding carboxylic acids is 3. The molecule has 0 aliphatic heterocycles. The van der Waals surface area contributed by atoms with Crippen molar-refractivity contribution >= 4 is 17.9 Å². The predicted molar refractivity (Wildman–Crippen MR) is 335 cm³/mol. The van der Waals surface area contributed by atoms with Crippen molar-refractivity contribution in [3.8, 4) is 0 Å². The Morgan fingerprint density at radius 2 is 0.429 bits per heavy atom. The van der Waals surface area contributed by atoms with Crippen LogP contribution in [0.15, 0.2) is 24.3 Å². The monoisotopic (exact) mass is 1080 g/mol. The summed E-state index contributed by atoms with van der Waals surface area (Å²) in [6, 6.07) is 0. The van der Waals surface area contributed by atoms with Crippen molar-refractivity contribution in [2.45, 2.75) is 399 Å². The van der Waals surface area contributed by atoms with E-state index in [1.54, 1.807) is 0 Å². The van der Waals surface area contributed by atoms with Crippen LogP contribution in [0.3, 0.4) is 0 Å². The molecule has 1 unspecified atom stereocenters.